The molecule has 0 unspecified atom stereocenters. The molecule has 0 atom stereocenters. The first kappa shape index (κ1) is 19.5. The average molecular weight is 410 g/mol. The molecule has 12 heteroatoms. The van der Waals surface area contributed by atoms with Gasteiger partial charge in [0, 0.05) is 6.20 Å². The molecule has 2 amide bonds. The minimum absolute atomic E-state index is 0.129. The smallest absolute Gasteiger partial charge is 0.325 e. The van der Waals surface area contributed by atoms with Crippen molar-refractivity contribution >= 4 is 44.3 Å². The van der Waals surface area contributed by atoms with Crippen molar-refractivity contribution in [1.29, 1.82) is 0 Å². The Morgan fingerprint density at radius 1 is 1.18 bits per heavy atom. The molecule has 0 aliphatic carbocycles. The van der Waals surface area contributed by atoms with Gasteiger partial charge in [-0.15, -0.1) is 0 Å². The summed E-state index contributed by atoms with van der Waals surface area (Å²) in [4.78, 5) is 22.9. The summed E-state index contributed by atoms with van der Waals surface area (Å²) >= 11 is 0. The maximum atomic E-state index is 14.6. The minimum atomic E-state index is -3.79. The second kappa shape index (κ2) is 7.76. The molecule has 0 saturated heterocycles. The van der Waals surface area contributed by atoms with Crippen LogP contribution in [0, 0.1) is 11.6 Å². The van der Waals surface area contributed by atoms with Crippen LogP contribution in [0.25, 0.3) is 11.0 Å². The lowest BCUT2D eigenvalue weighted by Gasteiger charge is -2.13. The molecule has 0 fully saturated rings. The van der Waals surface area contributed by atoms with Crippen LogP contribution in [0.2, 0.25) is 0 Å². The second-order valence-corrected chi connectivity index (χ2v) is 7.59. The molecule has 9 nitrogen and oxygen atoms in total. The molecule has 0 bridgehead atoms. The largest absolute Gasteiger partial charge is 0.346 e. The van der Waals surface area contributed by atoms with Gasteiger partial charge in [-0.25, -0.2) is 32.0 Å². The Balaban J connectivity index is 1.82. The van der Waals surface area contributed by atoms with Gasteiger partial charge in [0.15, 0.2) is 5.82 Å². The van der Waals surface area contributed by atoms with E-state index < -0.39 is 39.1 Å². The van der Waals surface area contributed by atoms with E-state index in [1.165, 1.54) is 6.33 Å². The van der Waals surface area contributed by atoms with E-state index in [1.54, 1.807) is 19.2 Å². The van der Waals surface area contributed by atoms with Crippen molar-refractivity contribution in [3.63, 3.8) is 0 Å². The quantitative estimate of drug-likeness (QED) is 0.496. The molecule has 0 aliphatic heterocycles. The zero-order valence-electron chi connectivity index (χ0n) is 14.6. The highest BCUT2D eigenvalue weighted by atomic mass is 32.2. The number of hydrogen-bond donors (Lipinski definition) is 4. The highest BCUT2D eigenvalue weighted by Gasteiger charge is 2.20. The number of rotatable bonds is 6. The molecule has 0 spiro atoms. The molecular formula is C16H16F2N6O3S. The Morgan fingerprint density at radius 3 is 2.71 bits per heavy atom. The number of sulfonamides is 1. The summed E-state index contributed by atoms with van der Waals surface area (Å²) in [7, 11) is -3.79. The van der Waals surface area contributed by atoms with Crippen molar-refractivity contribution < 1.29 is 22.0 Å². The number of nitrogens with one attached hydrogen (secondary N) is 4. The summed E-state index contributed by atoms with van der Waals surface area (Å²) in [5, 5.41) is 4.91. The molecule has 28 heavy (non-hydrogen) atoms. The molecule has 1 aromatic carbocycles. The number of urea groups is 1. The Kier molecular flexibility index (Phi) is 5.40. The van der Waals surface area contributed by atoms with E-state index in [0.29, 0.717) is 17.5 Å². The van der Waals surface area contributed by atoms with Crippen LogP contribution < -0.4 is 15.4 Å². The van der Waals surface area contributed by atoms with Gasteiger partial charge in [-0.05, 0) is 24.6 Å². The molecule has 4 N–H and O–H groups in total. The molecule has 0 aliphatic rings. The van der Waals surface area contributed by atoms with Crippen LogP contribution in [0.3, 0.4) is 0 Å². The van der Waals surface area contributed by atoms with E-state index in [2.05, 4.69) is 20.3 Å². The predicted octanol–water partition coefficient (Wildman–Crippen LogP) is 3.03. The summed E-state index contributed by atoms with van der Waals surface area (Å²) in [5.74, 6) is -2.41. The Bertz CT molecular complexity index is 1130. The van der Waals surface area contributed by atoms with Crippen molar-refractivity contribution in [1.82, 2.24) is 15.0 Å². The van der Waals surface area contributed by atoms with Crippen molar-refractivity contribution in [2.45, 2.75) is 13.3 Å². The highest BCUT2D eigenvalue weighted by Crippen LogP contribution is 2.27. The van der Waals surface area contributed by atoms with Gasteiger partial charge in [0.2, 0.25) is 10.0 Å². The van der Waals surface area contributed by atoms with Gasteiger partial charge < -0.3 is 10.3 Å². The number of nitrogens with zero attached hydrogens (tertiary/aromatic N) is 2. The minimum Gasteiger partial charge on any atom is -0.346 e. The molecule has 2 heterocycles. The molecule has 0 radical (unpaired) electrons. The topological polar surface area (TPSA) is 129 Å². The first-order chi connectivity index (χ1) is 13.3. The molecular weight excluding hydrogens is 394 g/mol. The fraction of sp³-hybridized carbons (Fsp3) is 0.188. The van der Waals surface area contributed by atoms with Gasteiger partial charge >= 0.3 is 6.03 Å². The predicted molar refractivity (Wildman–Crippen MR) is 101 cm³/mol. The number of aromatic amines is 1. The highest BCUT2D eigenvalue weighted by molar-refractivity contribution is 7.92. The number of fused-ring (bicyclic) bond motifs is 1. The monoisotopic (exact) mass is 410 g/mol. The van der Waals surface area contributed by atoms with Crippen LogP contribution in [0.4, 0.5) is 30.8 Å². The van der Waals surface area contributed by atoms with Gasteiger partial charge in [0.1, 0.15) is 29.3 Å². The lowest BCUT2D eigenvalue weighted by atomic mass is 10.2. The number of carbonyl (C=O) groups excluding carboxylic acids is 1. The number of hydrogen-bond acceptors (Lipinski definition) is 5. The molecule has 3 rings (SSSR count). The number of carbonyl (C=O) groups is 1. The van der Waals surface area contributed by atoms with Crippen LogP contribution in [-0.4, -0.2) is 35.2 Å². The van der Waals surface area contributed by atoms with Crippen molar-refractivity contribution in [2.24, 2.45) is 0 Å². The van der Waals surface area contributed by atoms with Crippen LogP contribution in [-0.2, 0) is 10.0 Å². The van der Waals surface area contributed by atoms with Gasteiger partial charge in [-0.2, -0.15) is 0 Å². The fourth-order valence-corrected chi connectivity index (χ4v) is 3.59. The molecule has 148 valence electrons. The number of H-pyrrole nitrogens is 1. The molecule has 3 aromatic rings. The molecule has 2 aromatic heterocycles. The Labute approximate surface area is 158 Å². The average Bonchev–Trinajstić information content (AvgIpc) is 3.11. The van der Waals surface area contributed by atoms with Crippen molar-refractivity contribution in [3.8, 4) is 0 Å². The van der Waals surface area contributed by atoms with Crippen LogP contribution in [0.1, 0.15) is 13.3 Å². The summed E-state index contributed by atoms with van der Waals surface area (Å²) in [5.41, 5.74) is -0.802. The third-order valence-corrected chi connectivity index (χ3v) is 5.13. The van der Waals surface area contributed by atoms with Crippen molar-refractivity contribution in [2.75, 3.05) is 21.1 Å². The first-order valence-corrected chi connectivity index (χ1v) is 9.80. The Morgan fingerprint density at radius 2 is 1.96 bits per heavy atom. The summed E-state index contributed by atoms with van der Waals surface area (Å²) < 4.78 is 54.3. The van der Waals surface area contributed by atoms with Crippen LogP contribution >= 0.6 is 0 Å². The van der Waals surface area contributed by atoms with Gasteiger partial charge in [-0.3, -0.25) is 10.0 Å². The van der Waals surface area contributed by atoms with E-state index in [1.807, 2.05) is 10.0 Å². The second-order valence-electron chi connectivity index (χ2n) is 5.75. The zero-order valence-corrected chi connectivity index (χ0v) is 15.4. The Hall–Kier alpha value is -3.28. The normalized spacial score (nSPS) is 11.4. The van der Waals surface area contributed by atoms with Crippen molar-refractivity contribution in [3.05, 3.63) is 42.4 Å². The summed E-state index contributed by atoms with van der Waals surface area (Å²) in [6.07, 6.45) is 3.12. The number of amides is 2. The third kappa shape index (κ3) is 4.17. The van der Waals surface area contributed by atoms with E-state index in [-0.39, 0.29) is 11.6 Å². The SMILES string of the molecule is CCCS(=O)(=O)Nc1ccc(F)c(NC(=O)Nc2ncnc3[nH]ccc23)c1F. The summed E-state index contributed by atoms with van der Waals surface area (Å²) in [6, 6.07) is 2.44. The maximum Gasteiger partial charge on any atom is 0.325 e. The number of benzene rings is 1. The van der Waals surface area contributed by atoms with E-state index in [0.717, 1.165) is 12.1 Å². The number of aromatic nitrogens is 3. The lowest BCUT2D eigenvalue weighted by molar-refractivity contribution is 0.262. The van der Waals surface area contributed by atoms with Gasteiger partial charge in [0.25, 0.3) is 0 Å². The maximum absolute atomic E-state index is 14.6. The van der Waals surface area contributed by atoms with E-state index in [4.69, 9.17) is 0 Å². The fourth-order valence-electron chi connectivity index (χ4n) is 2.46. The molecule has 0 saturated carbocycles. The first-order valence-electron chi connectivity index (χ1n) is 8.15. The van der Waals surface area contributed by atoms with Gasteiger partial charge in [-0.1, -0.05) is 6.92 Å². The van der Waals surface area contributed by atoms with E-state index >= 15 is 0 Å². The summed E-state index contributed by atoms with van der Waals surface area (Å²) in [6.45, 7) is 1.65. The lowest BCUT2D eigenvalue weighted by Crippen LogP contribution is -2.23. The van der Waals surface area contributed by atoms with Crippen LogP contribution in [0.5, 0.6) is 0 Å². The third-order valence-electron chi connectivity index (χ3n) is 3.65. The van der Waals surface area contributed by atoms with E-state index in [9.17, 15) is 22.0 Å². The van der Waals surface area contributed by atoms with Crippen LogP contribution in [0.15, 0.2) is 30.7 Å². The number of anilines is 3. The van der Waals surface area contributed by atoms with Gasteiger partial charge in [0.05, 0.1) is 16.8 Å². The number of halogens is 2. The zero-order chi connectivity index (χ0) is 20.3. The standard InChI is InChI=1S/C16H16F2N6O3S/c1-2-7-28(26,27)24-11-4-3-10(17)13(12(11)18)22-16(25)23-15-9-5-6-19-14(9)20-8-21-15/h3-6,8,24H,2,7H2,1H3,(H3,19,20,21,22,23,25).